The smallest absolute Gasteiger partial charge is 0.257 e. The second-order valence-corrected chi connectivity index (χ2v) is 4.40. The molecule has 0 unspecified atom stereocenters. The number of carbonyl (C=O) groups is 1. The number of ether oxygens (including phenoxy) is 2. The zero-order chi connectivity index (χ0) is 15.2. The van der Waals surface area contributed by atoms with Gasteiger partial charge in [-0.3, -0.25) is 4.79 Å². The second kappa shape index (κ2) is 6.74. The van der Waals surface area contributed by atoms with Crippen LogP contribution < -0.4 is 14.8 Å². The second-order valence-electron chi connectivity index (χ2n) is 4.40. The van der Waals surface area contributed by atoms with Gasteiger partial charge in [-0.15, -0.1) is 0 Å². The number of aromatic nitrogens is 1. The highest BCUT2D eigenvalue weighted by atomic mass is 16.5. The van der Waals surface area contributed by atoms with E-state index in [0.29, 0.717) is 29.4 Å². The summed E-state index contributed by atoms with van der Waals surface area (Å²) in [4.78, 5) is 16.4. The molecule has 0 spiro atoms. The molecule has 1 heterocycles. The van der Waals surface area contributed by atoms with Gasteiger partial charge in [-0.05, 0) is 44.2 Å². The summed E-state index contributed by atoms with van der Waals surface area (Å²) in [7, 11) is 1.54. The number of hydrogen-bond donors (Lipinski definition) is 1. The number of amides is 1. The van der Waals surface area contributed by atoms with Crippen LogP contribution in [0.15, 0.2) is 36.4 Å². The van der Waals surface area contributed by atoms with Crippen LogP contribution in [0.3, 0.4) is 0 Å². The molecule has 1 aromatic heterocycles. The van der Waals surface area contributed by atoms with Gasteiger partial charge in [0.15, 0.2) is 0 Å². The number of benzene rings is 1. The molecule has 2 aromatic rings. The Kier molecular flexibility index (Phi) is 4.77. The van der Waals surface area contributed by atoms with Crippen molar-refractivity contribution in [3.63, 3.8) is 0 Å². The van der Waals surface area contributed by atoms with Gasteiger partial charge in [-0.25, -0.2) is 4.98 Å². The zero-order valence-electron chi connectivity index (χ0n) is 12.3. The molecule has 0 aliphatic rings. The lowest BCUT2D eigenvalue weighted by Crippen LogP contribution is -2.14. The molecule has 0 atom stereocenters. The van der Waals surface area contributed by atoms with Gasteiger partial charge in [0, 0.05) is 11.8 Å². The highest BCUT2D eigenvalue weighted by molar-refractivity contribution is 6.05. The van der Waals surface area contributed by atoms with E-state index >= 15 is 0 Å². The van der Waals surface area contributed by atoms with Crippen LogP contribution in [0.5, 0.6) is 11.6 Å². The molecule has 0 aliphatic heterocycles. The molecule has 21 heavy (non-hydrogen) atoms. The maximum Gasteiger partial charge on any atom is 0.257 e. The molecule has 1 N–H and O–H groups in total. The van der Waals surface area contributed by atoms with Crippen molar-refractivity contribution >= 4 is 11.6 Å². The van der Waals surface area contributed by atoms with E-state index in [4.69, 9.17) is 9.47 Å². The number of pyridine rings is 1. The summed E-state index contributed by atoms with van der Waals surface area (Å²) in [5.41, 5.74) is 1.85. The quantitative estimate of drug-likeness (QED) is 0.917. The maximum atomic E-state index is 12.2. The summed E-state index contributed by atoms with van der Waals surface area (Å²) in [5, 5.41) is 2.83. The van der Waals surface area contributed by atoms with Crippen molar-refractivity contribution in [3.05, 3.63) is 47.7 Å². The number of carbonyl (C=O) groups excluding carboxylic acids is 1. The molecule has 1 amide bonds. The van der Waals surface area contributed by atoms with E-state index in [1.54, 1.807) is 38.3 Å². The topological polar surface area (TPSA) is 60.5 Å². The van der Waals surface area contributed by atoms with Crippen LogP contribution in [0.25, 0.3) is 0 Å². The Labute approximate surface area is 123 Å². The van der Waals surface area contributed by atoms with E-state index in [9.17, 15) is 4.79 Å². The number of rotatable bonds is 5. The number of nitrogens with one attached hydrogen (secondary N) is 1. The first kappa shape index (κ1) is 14.8. The first-order chi connectivity index (χ1) is 10.1. The van der Waals surface area contributed by atoms with Crippen molar-refractivity contribution in [2.45, 2.75) is 13.8 Å². The van der Waals surface area contributed by atoms with Gasteiger partial charge in [0.2, 0.25) is 5.88 Å². The van der Waals surface area contributed by atoms with Crippen molar-refractivity contribution in [2.75, 3.05) is 19.0 Å². The van der Waals surface area contributed by atoms with Crippen LogP contribution in [0.4, 0.5) is 5.69 Å². The summed E-state index contributed by atoms with van der Waals surface area (Å²) >= 11 is 0. The van der Waals surface area contributed by atoms with Gasteiger partial charge < -0.3 is 14.8 Å². The Bertz CT molecular complexity index is 624. The van der Waals surface area contributed by atoms with Crippen molar-refractivity contribution < 1.29 is 14.3 Å². The van der Waals surface area contributed by atoms with Crippen molar-refractivity contribution in [3.8, 4) is 11.6 Å². The molecule has 5 nitrogen and oxygen atoms in total. The van der Waals surface area contributed by atoms with Gasteiger partial charge in [0.05, 0.1) is 25.0 Å². The van der Waals surface area contributed by atoms with Crippen molar-refractivity contribution in [1.29, 1.82) is 0 Å². The monoisotopic (exact) mass is 286 g/mol. The van der Waals surface area contributed by atoms with Gasteiger partial charge in [-0.2, -0.15) is 0 Å². The van der Waals surface area contributed by atoms with E-state index in [0.717, 1.165) is 5.75 Å². The number of anilines is 1. The summed E-state index contributed by atoms with van der Waals surface area (Å²) < 4.78 is 10.4. The van der Waals surface area contributed by atoms with Crippen molar-refractivity contribution in [1.82, 2.24) is 4.98 Å². The molecule has 0 fully saturated rings. The van der Waals surface area contributed by atoms with Crippen LogP contribution >= 0.6 is 0 Å². The lowest BCUT2D eigenvalue weighted by atomic mass is 10.2. The highest BCUT2D eigenvalue weighted by Gasteiger charge is 2.11. The third kappa shape index (κ3) is 3.72. The van der Waals surface area contributed by atoms with E-state index < -0.39 is 0 Å². The first-order valence-corrected chi connectivity index (χ1v) is 6.70. The molecule has 5 heteroatoms. The molecular weight excluding hydrogens is 268 g/mol. The SMILES string of the molecule is CCOc1ccc(NC(=O)c2ccc(OC)nc2C)cc1. The van der Waals surface area contributed by atoms with Crippen LogP contribution in [-0.4, -0.2) is 24.6 Å². The Morgan fingerprint density at radius 2 is 1.90 bits per heavy atom. The van der Waals surface area contributed by atoms with Gasteiger partial charge in [-0.1, -0.05) is 0 Å². The minimum atomic E-state index is -0.202. The molecule has 2 rings (SSSR count). The predicted molar refractivity (Wildman–Crippen MR) is 81.1 cm³/mol. The predicted octanol–water partition coefficient (Wildman–Crippen LogP) is 3.05. The fourth-order valence-corrected chi connectivity index (χ4v) is 1.89. The molecule has 110 valence electrons. The lowest BCUT2D eigenvalue weighted by molar-refractivity contribution is 0.102. The molecule has 0 aliphatic carbocycles. The van der Waals surface area contributed by atoms with Gasteiger partial charge in [0.1, 0.15) is 5.75 Å². The van der Waals surface area contributed by atoms with E-state index in [1.165, 1.54) is 0 Å². The largest absolute Gasteiger partial charge is 0.494 e. The molecule has 0 saturated heterocycles. The van der Waals surface area contributed by atoms with E-state index in [-0.39, 0.29) is 5.91 Å². The third-order valence-corrected chi connectivity index (χ3v) is 2.94. The highest BCUT2D eigenvalue weighted by Crippen LogP contribution is 2.18. The molecule has 0 bridgehead atoms. The molecule has 0 radical (unpaired) electrons. The summed E-state index contributed by atoms with van der Waals surface area (Å²) in [6.07, 6.45) is 0. The van der Waals surface area contributed by atoms with E-state index in [1.807, 2.05) is 19.1 Å². The number of nitrogens with zero attached hydrogens (tertiary/aromatic N) is 1. The fraction of sp³-hybridized carbons (Fsp3) is 0.250. The van der Waals surface area contributed by atoms with Gasteiger partial charge in [0.25, 0.3) is 5.91 Å². The maximum absolute atomic E-state index is 12.2. The fourth-order valence-electron chi connectivity index (χ4n) is 1.89. The normalized spacial score (nSPS) is 10.0. The Balaban J connectivity index is 2.10. The van der Waals surface area contributed by atoms with Gasteiger partial charge >= 0.3 is 0 Å². The summed E-state index contributed by atoms with van der Waals surface area (Å²) in [6.45, 7) is 4.31. The van der Waals surface area contributed by atoms with Crippen LogP contribution in [-0.2, 0) is 0 Å². The van der Waals surface area contributed by atoms with Crippen LogP contribution in [0, 0.1) is 6.92 Å². The molecular formula is C16H18N2O3. The Hall–Kier alpha value is -2.56. The van der Waals surface area contributed by atoms with Crippen LogP contribution in [0.2, 0.25) is 0 Å². The van der Waals surface area contributed by atoms with E-state index in [2.05, 4.69) is 10.3 Å². The average Bonchev–Trinajstić information content (AvgIpc) is 2.49. The lowest BCUT2D eigenvalue weighted by Gasteiger charge is -2.09. The Morgan fingerprint density at radius 3 is 2.48 bits per heavy atom. The standard InChI is InChI=1S/C16H18N2O3/c1-4-21-13-7-5-12(6-8-13)18-16(19)14-9-10-15(20-3)17-11(14)2/h5-10H,4H2,1-3H3,(H,18,19). The van der Waals surface area contributed by atoms with Crippen LogP contribution in [0.1, 0.15) is 23.0 Å². The molecule has 1 aromatic carbocycles. The Morgan fingerprint density at radius 1 is 1.19 bits per heavy atom. The minimum absolute atomic E-state index is 0.202. The minimum Gasteiger partial charge on any atom is -0.494 e. The summed E-state index contributed by atoms with van der Waals surface area (Å²) in [5.74, 6) is 1.06. The first-order valence-electron chi connectivity index (χ1n) is 6.70. The number of hydrogen-bond acceptors (Lipinski definition) is 4. The average molecular weight is 286 g/mol. The molecule has 0 saturated carbocycles. The summed E-state index contributed by atoms with van der Waals surface area (Å²) in [6, 6.07) is 10.6. The third-order valence-electron chi connectivity index (χ3n) is 2.94. The number of methoxy groups -OCH3 is 1. The van der Waals surface area contributed by atoms with Crippen molar-refractivity contribution in [2.24, 2.45) is 0 Å². The zero-order valence-corrected chi connectivity index (χ0v) is 12.3. The number of aryl methyl sites for hydroxylation is 1.